The molecule has 0 aromatic heterocycles. The van der Waals surface area contributed by atoms with Gasteiger partial charge < -0.3 is 93.6 Å². The molecular formula is C58H97N11O17S. The number of hydrogen-bond acceptors (Lipinski definition) is 20. The first-order valence-electron chi connectivity index (χ1n) is 30.4. The molecule has 29 heteroatoms. The van der Waals surface area contributed by atoms with Crippen LogP contribution >= 0.6 is 11.8 Å². The molecule has 28 nitrogen and oxygen atoms in total. The van der Waals surface area contributed by atoms with Crippen molar-refractivity contribution in [1.82, 2.24) is 52.3 Å². The second-order valence-corrected chi connectivity index (χ2v) is 24.4. The van der Waals surface area contributed by atoms with Crippen LogP contribution in [0.15, 0.2) is 24.3 Å². The molecule has 3 aliphatic heterocycles. The third-order valence-electron chi connectivity index (χ3n) is 16.4. The number of hydrogen-bond donors (Lipinski definition) is 17. The molecule has 492 valence electrons. The first-order valence-corrected chi connectivity index (χ1v) is 31.8. The van der Waals surface area contributed by atoms with Crippen LogP contribution in [-0.2, 0) is 43.2 Å². The minimum atomic E-state index is -2.36. The van der Waals surface area contributed by atoms with E-state index in [0.29, 0.717) is 36.8 Å². The number of carbonyl (C=O) groups excluding carboxylic acids is 9. The average molecular weight is 1250 g/mol. The van der Waals surface area contributed by atoms with Crippen LogP contribution in [0.2, 0.25) is 0 Å². The van der Waals surface area contributed by atoms with Gasteiger partial charge in [-0.2, -0.15) is 11.8 Å². The quantitative estimate of drug-likeness (QED) is 0.0265. The van der Waals surface area contributed by atoms with Gasteiger partial charge in [-0.15, -0.1) is 0 Å². The summed E-state index contributed by atoms with van der Waals surface area (Å²) in [6.45, 7) is 6.34. The first-order chi connectivity index (χ1) is 41.4. The summed E-state index contributed by atoms with van der Waals surface area (Å²) in [5.74, 6) is -7.06. The summed E-state index contributed by atoms with van der Waals surface area (Å²) in [4.78, 5) is 128. The monoisotopic (exact) mass is 1250 g/mol. The molecule has 3 saturated heterocycles. The van der Waals surface area contributed by atoms with Gasteiger partial charge in [0.25, 0.3) is 0 Å². The number of carbonyl (C=O) groups is 9. The number of unbranched alkanes of at least 4 members (excludes halogenated alkanes) is 5. The van der Waals surface area contributed by atoms with Gasteiger partial charge in [0, 0.05) is 52.0 Å². The van der Waals surface area contributed by atoms with Crippen molar-refractivity contribution in [2.24, 2.45) is 17.6 Å². The van der Waals surface area contributed by atoms with E-state index in [1.54, 1.807) is 6.26 Å². The summed E-state index contributed by atoms with van der Waals surface area (Å²) in [6.07, 6.45) is -5.76. The Labute approximate surface area is 513 Å². The molecule has 0 unspecified atom stereocenters. The maximum absolute atomic E-state index is 15.0. The topological polar surface area (TPSA) is 444 Å². The number of phenolic OH excluding ortho intramolecular Hbond substituents is 1. The van der Waals surface area contributed by atoms with E-state index in [0.717, 1.165) is 67.4 Å². The van der Waals surface area contributed by atoms with Crippen molar-refractivity contribution < 1.29 is 84.0 Å². The largest absolute Gasteiger partial charge is 0.508 e. The lowest BCUT2D eigenvalue weighted by Gasteiger charge is -2.35. The van der Waals surface area contributed by atoms with Crippen LogP contribution in [0.25, 0.3) is 0 Å². The minimum absolute atomic E-state index is 0.0525. The lowest BCUT2D eigenvalue weighted by Crippen LogP contribution is -2.65. The zero-order chi connectivity index (χ0) is 64.5. The molecule has 0 aliphatic carbocycles. The average Bonchev–Trinajstić information content (AvgIpc) is 4.17. The Hall–Kier alpha value is -5.76. The number of nitrogens with zero attached hydrogens (tertiary/aromatic N) is 2. The Morgan fingerprint density at radius 3 is 2.05 bits per heavy atom. The Balaban J connectivity index is 1.78. The van der Waals surface area contributed by atoms with Crippen molar-refractivity contribution in [3.8, 4) is 5.75 Å². The summed E-state index contributed by atoms with van der Waals surface area (Å²) >= 11 is 1.41. The molecule has 17 atom stereocenters. The number of nitrogens with two attached hydrogens (primary N) is 1. The zero-order valence-corrected chi connectivity index (χ0v) is 51.5. The maximum Gasteiger partial charge on any atom is 0.248 e. The number of aliphatic hydroxyl groups excluding tert-OH is 7. The van der Waals surface area contributed by atoms with Crippen molar-refractivity contribution in [3.63, 3.8) is 0 Å². The van der Waals surface area contributed by atoms with E-state index in [4.69, 9.17) is 5.73 Å². The molecule has 4 rings (SSSR count). The van der Waals surface area contributed by atoms with E-state index < -0.39 is 177 Å². The van der Waals surface area contributed by atoms with E-state index in [1.165, 1.54) is 30.3 Å². The highest BCUT2D eigenvalue weighted by atomic mass is 32.2. The molecule has 3 aliphatic rings. The Morgan fingerprint density at radius 1 is 0.759 bits per heavy atom. The number of phenols is 1. The number of aromatic hydroxyl groups is 1. The van der Waals surface area contributed by atoms with E-state index in [2.05, 4.69) is 63.3 Å². The lowest BCUT2D eigenvalue weighted by molar-refractivity contribution is -0.148. The number of thioether (sulfide) groups is 1. The van der Waals surface area contributed by atoms with Crippen LogP contribution in [0.3, 0.4) is 0 Å². The smallest absolute Gasteiger partial charge is 0.248 e. The molecular weight excluding hydrogens is 1150 g/mol. The van der Waals surface area contributed by atoms with Crippen LogP contribution < -0.4 is 48.3 Å². The van der Waals surface area contributed by atoms with Gasteiger partial charge in [0.15, 0.2) is 0 Å². The van der Waals surface area contributed by atoms with Crippen molar-refractivity contribution in [2.75, 3.05) is 44.7 Å². The van der Waals surface area contributed by atoms with Gasteiger partial charge in [-0.25, -0.2) is 0 Å². The minimum Gasteiger partial charge on any atom is -0.508 e. The van der Waals surface area contributed by atoms with Crippen LogP contribution in [0, 0.1) is 11.8 Å². The predicted octanol–water partition coefficient (Wildman–Crippen LogP) is -3.29. The Kier molecular flexibility index (Phi) is 31.6. The molecule has 1 aromatic rings. The number of amides is 9. The van der Waals surface area contributed by atoms with Gasteiger partial charge in [-0.3, -0.25) is 48.5 Å². The molecule has 0 saturated carbocycles. The zero-order valence-electron chi connectivity index (χ0n) is 50.7. The van der Waals surface area contributed by atoms with E-state index in [1.807, 2.05) is 0 Å². The van der Waals surface area contributed by atoms with Gasteiger partial charge >= 0.3 is 0 Å². The molecule has 0 bridgehead atoms. The molecule has 0 spiro atoms. The van der Waals surface area contributed by atoms with Crippen LogP contribution in [-0.4, -0.2) is 234 Å². The van der Waals surface area contributed by atoms with Gasteiger partial charge in [0.1, 0.15) is 66.4 Å². The van der Waals surface area contributed by atoms with E-state index in [9.17, 15) is 79.2 Å². The molecule has 87 heavy (non-hydrogen) atoms. The maximum atomic E-state index is 15.0. The Morgan fingerprint density at radius 2 is 1.40 bits per heavy atom. The number of aliphatic hydroxyl groups is 7. The number of nitrogens with one attached hydrogen (secondary N) is 8. The third kappa shape index (κ3) is 22.7. The summed E-state index contributed by atoms with van der Waals surface area (Å²) in [7, 11) is 0. The Bertz CT molecular complexity index is 2380. The molecule has 1 aromatic carbocycles. The van der Waals surface area contributed by atoms with Crippen LogP contribution in [0.1, 0.15) is 136 Å². The fraction of sp³-hybridized carbons (Fsp3) is 0.741. The van der Waals surface area contributed by atoms with Gasteiger partial charge in [0.2, 0.25) is 53.7 Å². The molecule has 9 amide bonds. The predicted molar refractivity (Wildman–Crippen MR) is 320 cm³/mol. The summed E-state index contributed by atoms with van der Waals surface area (Å²) < 4.78 is 0. The first kappa shape index (κ1) is 73.7. The normalized spacial score (nSPS) is 26.9. The fourth-order valence-corrected chi connectivity index (χ4v) is 11.6. The summed E-state index contributed by atoms with van der Waals surface area (Å²) in [5, 5.41) is 111. The standard InChI is InChI=1S/C58H97N11O17S/c1-6-32(2)27-33(3)13-11-9-7-8-10-12-14-44(77)63-39-29-43(76)51(60-24-22-59)67-56(84)48-42(75)20-25-68(48)58(86)46(41(74)19-23-61-52(80)38(62-31-70)21-26-87-5)65-55(83)47(50(79)49(78)35-15-17-36(72)18-16-35)66-54(82)40-28-37(73)30-69(40)57(85)45(34(4)71)64-53(39)81/h15-18,31-34,37-43,45-51,60,71-76,78-79H,6-14,19-30,59H2,1-5H3,(H,61,80)(H,62,70)(H,63,77)(H,64,81)(H,65,83)(H,66,82)(H,67,84)/t32-,33+,34+,37+,38-,39-,40-,41+,42-,43+,45-,46-,47-,48-,49-,50-,51-/m0/s1. The lowest BCUT2D eigenvalue weighted by atomic mass is 9.91. The van der Waals surface area contributed by atoms with Crippen molar-refractivity contribution in [2.45, 2.75) is 215 Å². The summed E-state index contributed by atoms with van der Waals surface area (Å²) in [6, 6.07) is -7.98. The van der Waals surface area contributed by atoms with Gasteiger partial charge in [-0.1, -0.05) is 77.8 Å². The van der Waals surface area contributed by atoms with E-state index in [-0.39, 0.29) is 43.7 Å². The fourth-order valence-electron chi connectivity index (χ4n) is 11.2. The number of benzene rings is 1. The third-order valence-corrected chi connectivity index (χ3v) is 17.0. The van der Waals surface area contributed by atoms with Gasteiger partial charge in [0.05, 0.1) is 30.5 Å². The second-order valence-electron chi connectivity index (χ2n) is 23.4. The van der Waals surface area contributed by atoms with Crippen molar-refractivity contribution in [1.29, 1.82) is 0 Å². The van der Waals surface area contributed by atoms with Gasteiger partial charge in [-0.05, 0) is 80.6 Å². The molecule has 0 radical (unpaired) electrons. The highest BCUT2D eigenvalue weighted by Gasteiger charge is 2.49. The van der Waals surface area contributed by atoms with Crippen LogP contribution in [0.4, 0.5) is 0 Å². The summed E-state index contributed by atoms with van der Waals surface area (Å²) in [5.41, 5.74) is 5.73. The van der Waals surface area contributed by atoms with Crippen LogP contribution in [0.5, 0.6) is 5.75 Å². The molecule has 3 heterocycles. The molecule has 18 N–H and O–H groups in total. The van der Waals surface area contributed by atoms with Crippen molar-refractivity contribution in [3.05, 3.63) is 29.8 Å². The SMILES string of the molecule is CC[C@H](C)C[C@H](C)CCCCCCCCC(=O)N[C@H]1C[C@@H](O)[C@@H](NCCN)NC(=O)[C@@H]2[C@@H](O)CCN2C(=O)[C@H]([C@H](O)CCNC(=O)[C@H](CCSC)NC=O)NC(=O)[C@H]([C@H](O)[C@@H](O)c2ccc(O)cc2)NC(=O)[C@@H]2C[C@@H](O)CN2C(=O)[C@H]([C@@H](C)O)NC1=O. The number of fused-ring (bicyclic) bond motifs is 2. The second kappa shape index (κ2) is 37.3. The van der Waals surface area contributed by atoms with Crippen molar-refractivity contribution >= 4 is 65.4 Å². The highest BCUT2D eigenvalue weighted by Crippen LogP contribution is 2.27. The number of rotatable bonds is 30. The van der Waals surface area contributed by atoms with E-state index >= 15 is 4.79 Å². The highest BCUT2D eigenvalue weighted by molar-refractivity contribution is 7.98. The molecule has 3 fully saturated rings.